The van der Waals surface area contributed by atoms with Gasteiger partial charge >= 0.3 is 0 Å². The van der Waals surface area contributed by atoms with Crippen LogP contribution in [-0.4, -0.2) is 70.4 Å². The molecule has 0 amide bonds. The highest BCUT2D eigenvalue weighted by atomic mass is 19.1. The van der Waals surface area contributed by atoms with Gasteiger partial charge in [-0.1, -0.05) is 19.4 Å². The fourth-order valence-electron chi connectivity index (χ4n) is 4.39. The average molecular weight is 490 g/mol. The number of halogens is 1. The largest absolute Gasteiger partial charge is 0.379 e. The van der Waals surface area contributed by atoms with Crippen LogP contribution in [0.1, 0.15) is 19.8 Å². The number of fused-ring (bicyclic) bond motifs is 1. The van der Waals surface area contributed by atoms with Gasteiger partial charge in [0.2, 0.25) is 5.95 Å². The van der Waals surface area contributed by atoms with E-state index in [2.05, 4.69) is 27.4 Å². The summed E-state index contributed by atoms with van der Waals surface area (Å²) >= 11 is 0. The van der Waals surface area contributed by atoms with Crippen LogP contribution in [0.3, 0.4) is 0 Å². The van der Waals surface area contributed by atoms with E-state index in [0.717, 1.165) is 92.6 Å². The number of unbranched alkanes of at least 4 members (excludes halogenated alkanes) is 1. The quantitative estimate of drug-likeness (QED) is 0.316. The van der Waals surface area contributed by atoms with E-state index in [0.29, 0.717) is 5.95 Å². The zero-order valence-corrected chi connectivity index (χ0v) is 20.6. The fourth-order valence-corrected chi connectivity index (χ4v) is 4.39. The number of morpholine rings is 1. The molecular formula is C27H32FN7O. The van der Waals surface area contributed by atoms with Crippen molar-refractivity contribution in [3.8, 4) is 22.5 Å². The molecule has 0 aliphatic carbocycles. The maximum atomic E-state index is 13.7. The summed E-state index contributed by atoms with van der Waals surface area (Å²) in [5.41, 5.74) is 4.15. The monoisotopic (exact) mass is 489 g/mol. The van der Waals surface area contributed by atoms with Crippen LogP contribution in [0.15, 0.2) is 54.7 Å². The lowest BCUT2D eigenvalue weighted by atomic mass is 10.0. The maximum Gasteiger partial charge on any atom is 0.223 e. The van der Waals surface area contributed by atoms with Crippen molar-refractivity contribution in [2.75, 3.05) is 56.6 Å². The summed E-state index contributed by atoms with van der Waals surface area (Å²) in [4.78, 5) is 11.6. The van der Waals surface area contributed by atoms with E-state index in [-0.39, 0.29) is 5.82 Å². The van der Waals surface area contributed by atoms with Gasteiger partial charge in [0.1, 0.15) is 17.3 Å². The minimum atomic E-state index is -0.279. The minimum absolute atomic E-state index is 0.279. The lowest BCUT2D eigenvalue weighted by Gasteiger charge is -2.26. The average Bonchev–Trinajstić information content (AvgIpc) is 3.31. The Morgan fingerprint density at radius 3 is 2.64 bits per heavy atom. The molecule has 9 heteroatoms. The Kier molecular flexibility index (Phi) is 7.68. The second-order valence-electron chi connectivity index (χ2n) is 8.87. The van der Waals surface area contributed by atoms with Crippen LogP contribution in [0, 0.1) is 5.82 Å². The molecule has 8 nitrogen and oxygen atoms in total. The van der Waals surface area contributed by atoms with Gasteiger partial charge in [0, 0.05) is 44.5 Å². The molecule has 0 radical (unpaired) electrons. The Morgan fingerprint density at radius 1 is 1.00 bits per heavy atom. The van der Waals surface area contributed by atoms with E-state index in [1.807, 2.05) is 28.8 Å². The van der Waals surface area contributed by atoms with Gasteiger partial charge in [-0.2, -0.15) is 5.10 Å². The number of nitrogens with one attached hydrogen (secondary N) is 2. The van der Waals surface area contributed by atoms with E-state index < -0.39 is 0 Å². The Balaban J connectivity index is 1.51. The molecule has 1 saturated heterocycles. The van der Waals surface area contributed by atoms with Gasteiger partial charge in [-0.05, 0) is 48.9 Å². The van der Waals surface area contributed by atoms with E-state index >= 15 is 0 Å². The molecule has 1 aliphatic heterocycles. The van der Waals surface area contributed by atoms with E-state index in [1.54, 1.807) is 18.3 Å². The molecule has 1 aromatic carbocycles. The number of hydrogen-bond acceptors (Lipinski definition) is 7. The third-order valence-corrected chi connectivity index (χ3v) is 6.34. The lowest BCUT2D eigenvalue weighted by Crippen LogP contribution is -2.39. The van der Waals surface area contributed by atoms with E-state index in [4.69, 9.17) is 14.8 Å². The van der Waals surface area contributed by atoms with Crippen LogP contribution in [0.2, 0.25) is 0 Å². The summed E-state index contributed by atoms with van der Waals surface area (Å²) < 4.78 is 21.1. The zero-order valence-electron chi connectivity index (χ0n) is 20.6. The maximum absolute atomic E-state index is 13.7. The van der Waals surface area contributed by atoms with Crippen molar-refractivity contribution in [2.24, 2.45) is 0 Å². The topological polar surface area (TPSA) is 79.6 Å². The van der Waals surface area contributed by atoms with Crippen LogP contribution in [0.4, 0.5) is 16.2 Å². The summed E-state index contributed by atoms with van der Waals surface area (Å²) in [5.74, 6) is 1.20. The predicted molar refractivity (Wildman–Crippen MR) is 141 cm³/mol. The highest BCUT2D eigenvalue weighted by Crippen LogP contribution is 2.35. The van der Waals surface area contributed by atoms with Gasteiger partial charge in [-0.15, -0.1) is 0 Å². The Hall–Kier alpha value is -3.56. The zero-order chi connectivity index (χ0) is 24.7. The molecule has 5 rings (SSSR count). The SMILES string of the molecule is CCCCNc1nccc(-c2c(-c3ccc(F)cc3)nn3c(NCCN4CCOCC4)cccc23)n1. The van der Waals surface area contributed by atoms with Crippen molar-refractivity contribution in [3.63, 3.8) is 0 Å². The summed E-state index contributed by atoms with van der Waals surface area (Å²) in [7, 11) is 0. The lowest BCUT2D eigenvalue weighted by molar-refractivity contribution is 0.0398. The standard InChI is InChI=1S/C27H32FN7O/c1-2-3-12-30-27-31-13-11-22(32-27)25-23-5-4-6-24(29-14-15-34-16-18-36-19-17-34)35(23)33-26(25)20-7-9-21(28)10-8-20/h4-11,13,29H,2-3,12,14-19H2,1H3,(H,30,31,32). The van der Waals surface area contributed by atoms with Crippen LogP contribution in [-0.2, 0) is 4.74 Å². The molecule has 0 atom stereocenters. The molecule has 3 aromatic heterocycles. The van der Waals surface area contributed by atoms with E-state index in [1.165, 1.54) is 12.1 Å². The van der Waals surface area contributed by atoms with Crippen LogP contribution >= 0.6 is 0 Å². The Labute approximate surface area is 210 Å². The normalized spacial score (nSPS) is 14.3. The van der Waals surface area contributed by atoms with Crippen molar-refractivity contribution in [2.45, 2.75) is 19.8 Å². The molecule has 1 fully saturated rings. The molecule has 4 heterocycles. The van der Waals surface area contributed by atoms with Crippen molar-refractivity contribution in [1.82, 2.24) is 24.5 Å². The molecular weight excluding hydrogens is 457 g/mol. The number of nitrogens with zero attached hydrogens (tertiary/aromatic N) is 5. The van der Waals surface area contributed by atoms with Gasteiger partial charge in [0.05, 0.1) is 30.0 Å². The molecule has 0 saturated carbocycles. The number of pyridine rings is 1. The molecule has 36 heavy (non-hydrogen) atoms. The Bertz CT molecular complexity index is 1290. The van der Waals surface area contributed by atoms with Gasteiger partial charge in [0.25, 0.3) is 0 Å². The van der Waals surface area contributed by atoms with Crippen molar-refractivity contribution >= 4 is 17.3 Å². The predicted octanol–water partition coefficient (Wildman–Crippen LogP) is 4.55. The van der Waals surface area contributed by atoms with Crippen LogP contribution in [0.25, 0.3) is 28.0 Å². The van der Waals surface area contributed by atoms with Crippen molar-refractivity contribution in [3.05, 3.63) is 60.5 Å². The smallest absolute Gasteiger partial charge is 0.223 e. The number of rotatable bonds is 10. The first-order valence-electron chi connectivity index (χ1n) is 12.6. The summed E-state index contributed by atoms with van der Waals surface area (Å²) in [6.07, 6.45) is 3.90. The first-order chi connectivity index (χ1) is 17.7. The van der Waals surface area contributed by atoms with Gasteiger partial charge in [-0.25, -0.2) is 18.9 Å². The van der Waals surface area contributed by atoms with Crippen LogP contribution < -0.4 is 10.6 Å². The molecule has 4 aromatic rings. The summed E-state index contributed by atoms with van der Waals surface area (Å²) in [6.45, 7) is 8.16. The van der Waals surface area contributed by atoms with Gasteiger partial charge in [0.15, 0.2) is 0 Å². The number of ether oxygens (including phenoxy) is 1. The number of benzene rings is 1. The molecule has 0 bridgehead atoms. The molecule has 0 unspecified atom stereocenters. The molecule has 0 spiro atoms. The van der Waals surface area contributed by atoms with Gasteiger partial charge in [-0.3, -0.25) is 4.90 Å². The second kappa shape index (κ2) is 11.5. The first kappa shape index (κ1) is 24.1. The highest BCUT2D eigenvalue weighted by molar-refractivity contribution is 5.91. The Morgan fingerprint density at radius 2 is 1.83 bits per heavy atom. The van der Waals surface area contributed by atoms with E-state index in [9.17, 15) is 4.39 Å². The van der Waals surface area contributed by atoms with Gasteiger partial charge < -0.3 is 15.4 Å². The molecule has 1 aliphatic rings. The third kappa shape index (κ3) is 5.47. The van der Waals surface area contributed by atoms with Crippen molar-refractivity contribution in [1.29, 1.82) is 0 Å². The second-order valence-corrected chi connectivity index (χ2v) is 8.87. The summed E-state index contributed by atoms with van der Waals surface area (Å²) in [6, 6.07) is 14.4. The number of aromatic nitrogens is 4. The van der Waals surface area contributed by atoms with Crippen molar-refractivity contribution < 1.29 is 9.13 Å². The minimum Gasteiger partial charge on any atom is -0.379 e. The number of anilines is 2. The third-order valence-electron chi connectivity index (χ3n) is 6.34. The number of hydrogen-bond donors (Lipinski definition) is 2. The molecule has 188 valence electrons. The first-order valence-corrected chi connectivity index (χ1v) is 12.6. The summed E-state index contributed by atoms with van der Waals surface area (Å²) in [5, 5.41) is 11.8. The van der Waals surface area contributed by atoms with Crippen LogP contribution in [0.5, 0.6) is 0 Å². The molecule has 2 N–H and O–H groups in total. The fraction of sp³-hybridized carbons (Fsp3) is 0.370. The highest BCUT2D eigenvalue weighted by Gasteiger charge is 2.20.